The van der Waals surface area contributed by atoms with E-state index in [4.69, 9.17) is 20.3 Å². The molecule has 0 unspecified atom stereocenters. The predicted octanol–water partition coefficient (Wildman–Crippen LogP) is 5.62. The zero-order valence-corrected chi connectivity index (χ0v) is 20.4. The van der Waals surface area contributed by atoms with Crippen LogP contribution in [0.5, 0.6) is 0 Å². The van der Waals surface area contributed by atoms with Crippen LogP contribution in [0.1, 0.15) is 40.5 Å². The van der Waals surface area contributed by atoms with Crippen LogP contribution in [0.2, 0.25) is 0 Å². The van der Waals surface area contributed by atoms with E-state index in [-0.39, 0.29) is 31.3 Å². The van der Waals surface area contributed by atoms with Gasteiger partial charge in [-0.05, 0) is 36.1 Å². The standard InChI is InChI=1S/C26H22N6.Pd/c1-25(2)11-19-7-21-16(14-28)6-18(30-21)10-24-26(3,4)12-20(32-24)8-22-15(13-27)5-17(29-22)9-23(25)31-19;/h5-10H,11-12H2,1-4H3;/q-2;+2. The summed E-state index contributed by atoms with van der Waals surface area (Å²) in [6.07, 6.45) is 12.8. The molecule has 8 bridgehead atoms. The summed E-state index contributed by atoms with van der Waals surface area (Å²) in [4.78, 5) is 14.2. The molecule has 0 radical (unpaired) electrons. The van der Waals surface area contributed by atoms with Crippen molar-refractivity contribution in [2.75, 3.05) is 0 Å². The third kappa shape index (κ3) is 4.14. The quantitative estimate of drug-likeness (QED) is 0.298. The molecule has 1 saturated heterocycles. The third-order valence-electron chi connectivity index (χ3n) is 6.21. The number of nitriles is 1. The Hall–Kier alpha value is -3.15. The van der Waals surface area contributed by atoms with Crippen LogP contribution >= 0.6 is 0 Å². The Morgan fingerprint density at radius 2 is 1.73 bits per heavy atom. The summed E-state index contributed by atoms with van der Waals surface area (Å²) in [6, 6.07) is 2.26. The minimum Gasteiger partial charge on any atom is -0.763 e. The molecule has 5 aliphatic rings. The first kappa shape index (κ1) is 23.0. The van der Waals surface area contributed by atoms with Crippen molar-refractivity contribution < 1.29 is 20.4 Å². The van der Waals surface area contributed by atoms with Gasteiger partial charge in [0.1, 0.15) is 6.07 Å². The second-order valence-corrected chi connectivity index (χ2v) is 9.86. The molecule has 33 heavy (non-hydrogen) atoms. The number of fused-ring (bicyclic) bond motifs is 5. The summed E-state index contributed by atoms with van der Waals surface area (Å²) in [5.41, 5.74) is 6.94. The van der Waals surface area contributed by atoms with E-state index in [0.29, 0.717) is 34.0 Å². The van der Waals surface area contributed by atoms with Gasteiger partial charge in [0.05, 0.1) is 28.4 Å². The van der Waals surface area contributed by atoms with Crippen LogP contribution in [0.4, 0.5) is 0 Å². The zero-order valence-electron chi connectivity index (χ0n) is 18.9. The minimum absolute atomic E-state index is 0. The van der Waals surface area contributed by atoms with Gasteiger partial charge >= 0.3 is 20.4 Å². The maximum absolute atomic E-state index is 9.65. The topological polar surface area (TPSA) is 97.3 Å². The Balaban J connectivity index is 0.00000259. The number of nitrogens with zero attached hydrogens (tertiary/aromatic N) is 6. The van der Waals surface area contributed by atoms with Crippen LogP contribution in [-0.2, 0) is 20.4 Å². The Kier molecular flexibility index (Phi) is 5.59. The maximum Gasteiger partial charge on any atom is 2.00 e. The summed E-state index contributed by atoms with van der Waals surface area (Å²) < 4.78 is 0. The molecule has 0 aromatic carbocycles. The van der Waals surface area contributed by atoms with Crippen LogP contribution in [0.3, 0.4) is 0 Å². The van der Waals surface area contributed by atoms with Crippen molar-refractivity contribution >= 4 is 23.0 Å². The van der Waals surface area contributed by atoms with Crippen molar-refractivity contribution in [1.82, 2.24) is 0 Å². The second kappa shape index (κ2) is 8.01. The third-order valence-corrected chi connectivity index (χ3v) is 6.21. The number of rotatable bonds is 0. The minimum atomic E-state index is -0.188. The number of aliphatic imine (C=N–C) groups is 3. The normalized spacial score (nSPS) is 23.7. The predicted molar refractivity (Wildman–Crippen MR) is 128 cm³/mol. The Labute approximate surface area is 207 Å². The van der Waals surface area contributed by atoms with Gasteiger partial charge in [-0.15, -0.1) is 0 Å². The zero-order chi connectivity index (χ0) is 22.7. The monoisotopic (exact) mass is 524 g/mol. The van der Waals surface area contributed by atoms with Crippen LogP contribution in [-0.4, -0.2) is 23.0 Å². The molecule has 166 valence electrons. The molecule has 1 fully saturated rings. The Bertz CT molecular complexity index is 1340. The van der Waals surface area contributed by atoms with Crippen molar-refractivity contribution in [3.05, 3.63) is 86.8 Å². The second-order valence-electron chi connectivity index (χ2n) is 9.86. The van der Waals surface area contributed by atoms with E-state index in [1.54, 1.807) is 12.2 Å². The van der Waals surface area contributed by atoms with Gasteiger partial charge in [0.15, 0.2) is 0 Å². The Morgan fingerprint density at radius 3 is 2.45 bits per heavy atom. The van der Waals surface area contributed by atoms with Gasteiger partial charge in [0.2, 0.25) is 0 Å². The van der Waals surface area contributed by atoms with E-state index in [1.807, 2.05) is 24.3 Å². The van der Waals surface area contributed by atoms with E-state index >= 15 is 0 Å². The summed E-state index contributed by atoms with van der Waals surface area (Å²) in [6.45, 7) is 8.53. The van der Waals surface area contributed by atoms with E-state index in [1.165, 1.54) is 0 Å². The SMILES string of the molecule is CC1(C)CC2=NC1=CC1=CC(=C=[N-])C(=N1)C=C1CC(C)(C)C(=CC3=NC(=C2)C(C#N)=C3)[N-]1.[Pd+2]. The maximum atomic E-state index is 9.65. The molecule has 0 amide bonds. The molecule has 5 heterocycles. The van der Waals surface area contributed by atoms with Crippen LogP contribution < -0.4 is 0 Å². The largest absolute Gasteiger partial charge is 2.00 e. The average molecular weight is 525 g/mol. The molecule has 0 N–H and O–H groups in total. The van der Waals surface area contributed by atoms with Gasteiger partial charge < -0.3 is 10.7 Å². The van der Waals surface area contributed by atoms with Crippen LogP contribution in [0.15, 0.2) is 91.1 Å². The van der Waals surface area contributed by atoms with E-state index in [2.05, 4.69) is 39.6 Å². The number of hydrogen-bond acceptors (Lipinski definition) is 4. The summed E-state index contributed by atoms with van der Waals surface area (Å²) in [5.74, 6) is 2.26. The van der Waals surface area contributed by atoms with Crippen molar-refractivity contribution in [3.63, 3.8) is 0 Å². The number of allylic oxidation sites excluding steroid dienone is 11. The first-order chi connectivity index (χ1) is 15.2. The van der Waals surface area contributed by atoms with Gasteiger partial charge in [-0.3, -0.25) is 10.9 Å². The Morgan fingerprint density at radius 1 is 0.939 bits per heavy atom. The molecule has 5 aliphatic heterocycles. The van der Waals surface area contributed by atoms with Crippen molar-refractivity contribution in [2.24, 2.45) is 25.8 Å². The van der Waals surface area contributed by atoms with Gasteiger partial charge in [-0.1, -0.05) is 39.8 Å². The van der Waals surface area contributed by atoms with Crippen LogP contribution in [0, 0.1) is 22.2 Å². The van der Waals surface area contributed by atoms with Gasteiger partial charge in [0.25, 0.3) is 0 Å². The molecule has 6 nitrogen and oxygen atoms in total. The first-order valence-corrected chi connectivity index (χ1v) is 10.6. The van der Waals surface area contributed by atoms with Crippen molar-refractivity contribution in [1.29, 1.82) is 5.26 Å². The molecule has 0 aromatic heterocycles. The molecular weight excluding hydrogens is 503 g/mol. The fourth-order valence-corrected chi connectivity index (χ4v) is 4.45. The van der Waals surface area contributed by atoms with Gasteiger partial charge in [-0.2, -0.15) is 16.7 Å². The molecule has 0 spiro atoms. The molecule has 7 heteroatoms. The van der Waals surface area contributed by atoms with Gasteiger partial charge in [0, 0.05) is 28.8 Å². The summed E-state index contributed by atoms with van der Waals surface area (Å²) in [7, 11) is 0. The fraction of sp³-hybridized carbons (Fsp3) is 0.308. The summed E-state index contributed by atoms with van der Waals surface area (Å²) in [5, 5.41) is 24.1. The van der Waals surface area contributed by atoms with Crippen molar-refractivity contribution in [2.45, 2.75) is 40.5 Å². The molecular formula is C26H22N6Pd. The van der Waals surface area contributed by atoms with Crippen LogP contribution in [0.25, 0.3) is 10.7 Å². The van der Waals surface area contributed by atoms with E-state index < -0.39 is 0 Å². The summed E-state index contributed by atoms with van der Waals surface area (Å²) >= 11 is 0. The smallest absolute Gasteiger partial charge is 0.763 e. The van der Waals surface area contributed by atoms with Crippen molar-refractivity contribution in [3.8, 4) is 6.07 Å². The molecule has 0 aromatic rings. The van der Waals surface area contributed by atoms with E-state index in [0.717, 1.165) is 35.6 Å². The fourth-order valence-electron chi connectivity index (χ4n) is 4.45. The number of hydrogen-bond donors (Lipinski definition) is 0. The first-order valence-electron chi connectivity index (χ1n) is 10.6. The molecule has 0 saturated carbocycles. The molecule has 5 rings (SSSR count). The molecule has 0 atom stereocenters. The average Bonchev–Trinajstić information content (AvgIpc) is 3.41. The van der Waals surface area contributed by atoms with Gasteiger partial charge in [-0.25, -0.2) is 9.98 Å². The van der Waals surface area contributed by atoms with E-state index in [9.17, 15) is 10.7 Å². The molecule has 0 aliphatic carbocycles.